The van der Waals surface area contributed by atoms with E-state index in [1.165, 1.54) is 5.69 Å². The van der Waals surface area contributed by atoms with Gasteiger partial charge in [-0.2, -0.15) is 5.26 Å². The first-order chi connectivity index (χ1) is 14.3. The van der Waals surface area contributed by atoms with Crippen LogP contribution in [0.2, 0.25) is 0 Å². The van der Waals surface area contributed by atoms with Crippen molar-refractivity contribution in [3.63, 3.8) is 0 Å². The van der Waals surface area contributed by atoms with Crippen LogP contribution in [0, 0.1) is 11.3 Å². The summed E-state index contributed by atoms with van der Waals surface area (Å²) in [5.74, 6) is 0.844. The van der Waals surface area contributed by atoms with Gasteiger partial charge in [-0.1, -0.05) is 12.1 Å². The molecule has 0 spiro atoms. The van der Waals surface area contributed by atoms with E-state index in [1.54, 1.807) is 12.4 Å². The zero-order valence-electron chi connectivity index (χ0n) is 16.2. The number of aromatic nitrogens is 2. The predicted molar refractivity (Wildman–Crippen MR) is 113 cm³/mol. The van der Waals surface area contributed by atoms with E-state index in [2.05, 4.69) is 38.0 Å². The van der Waals surface area contributed by atoms with Gasteiger partial charge < -0.3 is 9.64 Å². The van der Waals surface area contributed by atoms with Crippen LogP contribution in [0.5, 0.6) is 5.75 Å². The molecule has 6 heteroatoms. The number of hydrogen-bond donors (Lipinski definition) is 0. The number of piperazine rings is 1. The second kappa shape index (κ2) is 9.18. The molecule has 0 N–H and O–H groups in total. The van der Waals surface area contributed by atoms with Crippen LogP contribution < -0.4 is 9.64 Å². The fourth-order valence-corrected chi connectivity index (χ4v) is 3.54. The Balaban J connectivity index is 1.25. The summed E-state index contributed by atoms with van der Waals surface area (Å²) in [6, 6.07) is 16.1. The van der Waals surface area contributed by atoms with E-state index in [0.717, 1.165) is 49.6 Å². The first-order valence-electron chi connectivity index (χ1n) is 9.78. The summed E-state index contributed by atoms with van der Waals surface area (Å²) in [6.45, 7) is 5.67. The summed E-state index contributed by atoms with van der Waals surface area (Å²) in [4.78, 5) is 12.9. The van der Waals surface area contributed by atoms with Gasteiger partial charge in [-0.25, -0.2) is 0 Å². The number of nitrogens with zero attached hydrogens (tertiary/aromatic N) is 5. The zero-order chi connectivity index (χ0) is 19.9. The zero-order valence-corrected chi connectivity index (χ0v) is 16.2. The van der Waals surface area contributed by atoms with Crippen LogP contribution in [0.1, 0.15) is 5.56 Å². The van der Waals surface area contributed by atoms with E-state index in [4.69, 9.17) is 4.74 Å². The molecule has 0 atom stereocenters. The maximum Gasteiger partial charge on any atom is 0.119 e. The summed E-state index contributed by atoms with van der Waals surface area (Å²) in [5, 5.41) is 9.23. The third kappa shape index (κ3) is 4.71. The van der Waals surface area contributed by atoms with Gasteiger partial charge in [0, 0.05) is 68.8 Å². The first kappa shape index (κ1) is 18.9. The second-order valence-electron chi connectivity index (χ2n) is 6.94. The lowest BCUT2D eigenvalue weighted by Gasteiger charge is -2.35. The van der Waals surface area contributed by atoms with Gasteiger partial charge in [0.15, 0.2) is 0 Å². The summed E-state index contributed by atoms with van der Waals surface area (Å²) < 4.78 is 5.93. The summed E-state index contributed by atoms with van der Waals surface area (Å²) >= 11 is 0. The molecule has 0 radical (unpaired) electrons. The van der Waals surface area contributed by atoms with Crippen molar-refractivity contribution < 1.29 is 4.74 Å². The van der Waals surface area contributed by atoms with Crippen molar-refractivity contribution >= 4 is 5.69 Å². The van der Waals surface area contributed by atoms with E-state index in [9.17, 15) is 5.26 Å². The number of rotatable bonds is 6. The number of anilines is 1. The number of nitriles is 1. The monoisotopic (exact) mass is 385 g/mol. The van der Waals surface area contributed by atoms with Gasteiger partial charge in [-0.05, 0) is 35.9 Å². The molecule has 0 aliphatic carbocycles. The smallest absolute Gasteiger partial charge is 0.119 e. The van der Waals surface area contributed by atoms with Crippen LogP contribution in [0.15, 0.2) is 67.3 Å². The molecule has 1 saturated heterocycles. The quantitative estimate of drug-likeness (QED) is 0.649. The van der Waals surface area contributed by atoms with Crippen molar-refractivity contribution in [1.29, 1.82) is 5.26 Å². The molecule has 2 aromatic heterocycles. The number of benzene rings is 1. The van der Waals surface area contributed by atoms with Gasteiger partial charge in [0.25, 0.3) is 0 Å². The highest BCUT2D eigenvalue weighted by Gasteiger charge is 2.16. The number of hydrogen-bond acceptors (Lipinski definition) is 6. The molecule has 6 nitrogen and oxygen atoms in total. The maximum absolute atomic E-state index is 9.23. The minimum Gasteiger partial charge on any atom is -0.492 e. The van der Waals surface area contributed by atoms with Gasteiger partial charge in [-0.15, -0.1) is 0 Å². The average molecular weight is 385 g/mol. The lowest BCUT2D eigenvalue weighted by Crippen LogP contribution is -2.47. The summed E-state index contributed by atoms with van der Waals surface area (Å²) in [5.41, 5.74) is 3.70. The Labute approximate surface area is 171 Å². The fourth-order valence-electron chi connectivity index (χ4n) is 3.54. The molecule has 1 aliphatic rings. The first-order valence-corrected chi connectivity index (χ1v) is 9.78. The standard InChI is InChI=1S/C23H23N5O/c24-17-20-18-26-10-7-23(20)19-1-3-22(4-2-19)29-16-15-27-11-13-28(14-12-27)21-5-8-25-9-6-21/h1-10,18H,11-16H2. The molecule has 0 saturated carbocycles. The van der Waals surface area contributed by atoms with Gasteiger partial charge >= 0.3 is 0 Å². The van der Waals surface area contributed by atoms with E-state index >= 15 is 0 Å². The Morgan fingerprint density at radius 1 is 0.897 bits per heavy atom. The predicted octanol–water partition coefficient (Wildman–Crippen LogP) is 3.22. The Morgan fingerprint density at radius 3 is 2.34 bits per heavy atom. The van der Waals surface area contributed by atoms with Crippen LogP contribution in [0.25, 0.3) is 11.1 Å². The van der Waals surface area contributed by atoms with Gasteiger partial charge in [-0.3, -0.25) is 14.9 Å². The third-order valence-electron chi connectivity index (χ3n) is 5.18. The molecule has 1 aliphatic heterocycles. The third-order valence-corrected chi connectivity index (χ3v) is 5.18. The lowest BCUT2D eigenvalue weighted by molar-refractivity contribution is 0.200. The molecular formula is C23H23N5O. The van der Waals surface area contributed by atoms with Crippen molar-refractivity contribution in [2.45, 2.75) is 0 Å². The molecule has 146 valence electrons. The Morgan fingerprint density at radius 2 is 1.62 bits per heavy atom. The van der Waals surface area contributed by atoms with Crippen molar-refractivity contribution in [1.82, 2.24) is 14.9 Å². The molecule has 4 rings (SSSR count). The van der Waals surface area contributed by atoms with Crippen LogP contribution in [0.3, 0.4) is 0 Å². The Hall–Kier alpha value is -3.43. The van der Waals surface area contributed by atoms with E-state index in [-0.39, 0.29) is 0 Å². The minimum absolute atomic E-state index is 0.576. The van der Waals surface area contributed by atoms with Gasteiger partial charge in [0.2, 0.25) is 0 Å². The molecule has 3 heterocycles. The molecule has 0 unspecified atom stereocenters. The van der Waals surface area contributed by atoms with E-state index in [1.807, 2.05) is 42.7 Å². The number of pyridine rings is 2. The molecule has 29 heavy (non-hydrogen) atoms. The Bertz CT molecular complexity index is 961. The topological polar surface area (TPSA) is 65.3 Å². The maximum atomic E-state index is 9.23. The van der Waals surface area contributed by atoms with Crippen molar-refractivity contribution in [3.8, 4) is 22.9 Å². The molecule has 0 amide bonds. The van der Waals surface area contributed by atoms with E-state index < -0.39 is 0 Å². The van der Waals surface area contributed by atoms with Crippen molar-refractivity contribution in [3.05, 3.63) is 72.8 Å². The molecule has 0 bridgehead atoms. The van der Waals surface area contributed by atoms with Gasteiger partial charge in [0.1, 0.15) is 18.4 Å². The molecule has 3 aromatic rings. The average Bonchev–Trinajstić information content (AvgIpc) is 2.80. The van der Waals surface area contributed by atoms with Gasteiger partial charge in [0.05, 0.1) is 5.56 Å². The largest absolute Gasteiger partial charge is 0.492 e. The van der Waals surface area contributed by atoms with E-state index in [0.29, 0.717) is 12.2 Å². The molecule has 1 aromatic carbocycles. The second-order valence-corrected chi connectivity index (χ2v) is 6.94. The normalized spacial score (nSPS) is 14.4. The lowest BCUT2D eigenvalue weighted by atomic mass is 10.0. The number of ether oxygens (including phenoxy) is 1. The SMILES string of the molecule is N#Cc1cnccc1-c1ccc(OCCN2CCN(c3ccncc3)CC2)cc1. The highest BCUT2D eigenvalue weighted by molar-refractivity contribution is 5.70. The highest BCUT2D eigenvalue weighted by atomic mass is 16.5. The molecular weight excluding hydrogens is 362 g/mol. The minimum atomic E-state index is 0.576. The Kier molecular flexibility index (Phi) is 5.98. The van der Waals surface area contributed by atoms with Crippen LogP contribution in [0.4, 0.5) is 5.69 Å². The van der Waals surface area contributed by atoms with Crippen LogP contribution in [-0.4, -0.2) is 54.2 Å². The van der Waals surface area contributed by atoms with Crippen molar-refractivity contribution in [2.75, 3.05) is 44.2 Å². The van der Waals surface area contributed by atoms with Crippen LogP contribution in [-0.2, 0) is 0 Å². The molecule has 1 fully saturated rings. The van der Waals surface area contributed by atoms with Crippen LogP contribution >= 0.6 is 0 Å². The summed E-state index contributed by atoms with van der Waals surface area (Å²) in [6.07, 6.45) is 6.98. The van der Waals surface area contributed by atoms with Crippen molar-refractivity contribution in [2.24, 2.45) is 0 Å². The fraction of sp³-hybridized carbons (Fsp3) is 0.261. The highest BCUT2D eigenvalue weighted by Crippen LogP contribution is 2.24. The summed E-state index contributed by atoms with van der Waals surface area (Å²) in [7, 11) is 0.